The van der Waals surface area contributed by atoms with Gasteiger partial charge in [0, 0.05) is 13.6 Å². The predicted molar refractivity (Wildman–Crippen MR) is 121 cm³/mol. The highest BCUT2D eigenvalue weighted by Gasteiger charge is 2.24. The van der Waals surface area contributed by atoms with Crippen molar-refractivity contribution in [2.24, 2.45) is 4.99 Å². The second-order valence-electron chi connectivity index (χ2n) is 5.95. The second-order valence-corrected chi connectivity index (χ2v) is 7.97. The molecule has 7 heteroatoms. The van der Waals surface area contributed by atoms with Crippen molar-refractivity contribution in [2.45, 2.75) is 20.3 Å². The molecule has 0 atom stereocenters. The van der Waals surface area contributed by atoms with Gasteiger partial charge in [-0.3, -0.25) is 0 Å². The van der Waals surface area contributed by atoms with Crippen LogP contribution in [-0.4, -0.2) is 25.1 Å². The number of hydrogen-bond donors (Lipinski definition) is 0. The van der Waals surface area contributed by atoms with E-state index in [-0.39, 0.29) is 5.70 Å². The molecule has 0 bridgehead atoms. The number of hydrogen-bond acceptors (Lipinski definition) is 5. The summed E-state index contributed by atoms with van der Waals surface area (Å²) < 4.78 is 18.7. The SMILES string of the molecule is CCCOc1ccc(/C=C2\N=C(c3ccc(I)c(Br)c3)OC2=O)cc1OCC. The van der Waals surface area contributed by atoms with Gasteiger partial charge in [-0.15, -0.1) is 0 Å². The fraction of sp³-hybridized carbons (Fsp3) is 0.238. The lowest BCUT2D eigenvalue weighted by atomic mass is 10.1. The molecule has 1 heterocycles. The highest BCUT2D eigenvalue weighted by molar-refractivity contribution is 14.1. The third-order valence-corrected chi connectivity index (χ3v) is 6.16. The lowest BCUT2D eigenvalue weighted by Crippen LogP contribution is -2.05. The lowest BCUT2D eigenvalue weighted by molar-refractivity contribution is -0.129. The zero-order valence-corrected chi connectivity index (χ0v) is 19.2. The van der Waals surface area contributed by atoms with Crippen LogP contribution in [0.3, 0.4) is 0 Å². The van der Waals surface area contributed by atoms with Crippen molar-refractivity contribution in [3.8, 4) is 11.5 Å². The van der Waals surface area contributed by atoms with E-state index in [0.717, 1.165) is 25.6 Å². The van der Waals surface area contributed by atoms with Crippen molar-refractivity contribution in [1.29, 1.82) is 0 Å². The largest absolute Gasteiger partial charge is 0.490 e. The summed E-state index contributed by atoms with van der Waals surface area (Å²) in [6.07, 6.45) is 2.60. The van der Waals surface area contributed by atoms with Gasteiger partial charge in [0.1, 0.15) is 0 Å². The molecule has 0 saturated carbocycles. The summed E-state index contributed by atoms with van der Waals surface area (Å²) in [5, 5.41) is 0. The molecule has 0 amide bonds. The van der Waals surface area contributed by atoms with E-state index < -0.39 is 5.97 Å². The van der Waals surface area contributed by atoms with Crippen molar-refractivity contribution in [1.82, 2.24) is 0 Å². The highest BCUT2D eigenvalue weighted by atomic mass is 127. The Morgan fingerprint density at radius 3 is 2.68 bits per heavy atom. The molecule has 3 rings (SSSR count). The number of carbonyl (C=O) groups is 1. The fourth-order valence-electron chi connectivity index (χ4n) is 2.53. The maximum Gasteiger partial charge on any atom is 0.363 e. The molecule has 146 valence electrons. The van der Waals surface area contributed by atoms with Gasteiger partial charge in [0.15, 0.2) is 17.2 Å². The number of benzene rings is 2. The van der Waals surface area contributed by atoms with Crippen LogP contribution in [0.4, 0.5) is 0 Å². The summed E-state index contributed by atoms with van der Waals surface area (Å²) in [7, 11) is 0. The van der Waals surface area contributed by atoms with Crippen LogP contribution in [0.1, 0.15) is 31.4 Å². The Morgan fingerprint density at radius 1 is 1.14 bits per heavy atom. The summed E-state index contributed by atoms with van der Waals surface area (Å²) in [4.78, 5) is 16.6. The van der Waals surface area contributed by atoms with Crippen LogP contribution in [0.5, 0.6) is 11.5 Å². The van der Waals surface area contributed by atoms with E-state index in [9.17, 15) is 4.79 Å². The molecule has 0 aromatic heterocycles. The Morgan fingerprint density at radius 2 is 1.96 bits per heavy atom. The Bertz CT molecular complexity index is 955. The van der Waals surface area contributed by atoms with Crippen molar-refractivity contribution in [2.75, 3.05) is 13.2 Å². The van der Waals surface area contributed by atoms with Gasteiger partial charge in [-0.2, -0.15) is 0 Å². The van der Waals surface area contributed by atoms with Gasteiger partial charge < -0.3 is 14.2 Å². The number of aliphatic imine (C=N–C) groups is 1. The first-order chi connectivity index (χ1) is 13.5. The predicted octanol–water partition coefficient (Wildman–Crippen LogP) is 5.59. The number of carbonyl (C=O) groups excluding carboxylic acids is 1. The normalized spacial score (nSPS) is 14.8. The van der Waals surface area contributed by atoms with Crippen molar-refractivity contribution in [3.05, 3.63) is 61.3 Å². The maximum atomic E-state index is 12.3. The van der Waals surface area contributed by atoms with Gasteiger partial charge in [-0.05, 0) is 93.8 Å². The molecule has 0 N–H and O–H groups in total. The van der Waals surface area contributed by atoms with E-state index in [4.69, 9.17) is 14.2 Å². The number of halogens is 2. The molecule has 28 heavy (non-hydrogen) atoms. The van der Waals surface area contributed by atoms with Crippen molar-refractivity contribution < 1.29 is 19.0 Å². The van der Waals surface area contributed by atoms with Gasteiger partial charge in [0.2, 0.25) is 5.90 Å². The quantitative estimate of drug-likeness (QED) is 0.254. The Kier molecular flexibility index (Phi) is 7.12. The molecule has 0 spiro atoms. The van der Waals surface area contributed by atoms with E-state index >= 15 is 0 Å². The first-order valence-electron chi connectivity index (χ1n) is 8.89. The van der Waals surface area contributed by atoms with E-state index in [1.807, 2.05) is 50.2 Å². The first kappa shape index (κ1) is 20.9. The minimum absolute atomic E-state index is 0.245. The molecule has 0 fully saturated rings. The van der Waals surface area contributed by atoms with Crippen LogP contribution in [0, 0.1) is 3.57 Å². The summed E-state index contributed by atoms with van der Waals surface area (Å²) in [6.45, 7) is 5.10. The molecule has 2 aromatic rings. The topological polar surface area (TPSA) is 57.1 Å². The van der Waals surface area contributed by atoms with Crippen LogP contribution in [-0.2, 0) is 9.53 Å². The third kappa shape index (κ3) is 4.94. The van der Waals surface area contributed by atoms with Crippen molar-refractivity contribution >= 4 is 56.5 Å². The average Bonchev–Trinajstić information content (AvgIpc) is 3.04. The monoisotopic (exact) mass is 555 g/mol. The van der Waals surface area contributed by atoms with Crippen LogP contribution in [0.25, 0.3) is 6.08 Å². The molecule has 0 unspecified atom stereocenters. The fourth-order valence-corrected chi connectivity index (χ4v) is 3.25. The molecule has 0 radical (unpaired) electrons. The van der Waals surface area contributed by atoms with Crippen LogP contribution in [0.15, 0.2) is 51.6 Å². The van der Waals surface area contributed by atoms with Crippen LogP contribution >= 0.6 is 38.5 Å². The Labute approximate surface area is 186 Å². The molecule has 1 aliphatic rings. The second kappa shape index (κ2) is 9.56. The van der Waals surface area contributed by atoms with Gasteiger partial charge >= 0.3 is 5.97 Å². The van der Waals surface area contributed by atoms with Crippen LogP contribution in [0.2, 0.25) is 0 Å². The highest BCUT2D eigenvalue weighted by Crippen LogP contribution is 2.30. The standard InChI is InChI=1S/C21H19BrINO4/c1-3-9-27-18-8-5-13(11-19(18)26-4-2)10-17-21(25)28-20(24-17)14-6-7-16(23)15(22)12-14/h5-8,10-12H,3-4,9H2,1-2H3/b17-10-. The van der Waals surface area contributed by atoms with E-state index in [0.29, 0.717) is 30.6 Å². The molecule has 5 nitrogen and oxygen atoms in total. The first-order valence-corrected chi connectivity index (χ1v) is 10.8. The number of nitrogens with zero attached hydrogens (tertiary/aromatic N) is 1. The number of ether oxygens (including phenoxy) is 3. The maximum absolute atomic E-state index is 12.3. The van der Waals surface area contributed by atoms with Gasteiger partial charge in [0.25, 0.3) is 0 Å². The molecule has 1 aliphatic heterocycles. The zero-order valence-electron chi connectivity index (χ0n) is 15.5. The van der Waals surface area contributed by atoms with E-state index in [2.05, 4.69) is 43.5 Å². The summed E-state index contributed by atoms with van der Waals surface area (Å²) in [5.74, 6) is 1.14. The van der Waals surface area contributed by atoms with E-state index in [1.165, 1.54) is 0 Å². The summed E-state index contributed by atoms with van der Waals surface area (Å²) in [5.41, 5.74) is 1.77. The Hall–Kier alpha value is -1.87. The minimum atomic E-state index is -0.478. The lowest BCUT2D eigenvalue weighted by Gasteiger charge is -2.12. The number of cyclic esters (lactones) is 1. The average molecular weight is 556 g/mol. The minimum Gasteiger partial charge on any atom is -0.490 e. The molecule has 0 saturated heterocycles. The van der Waals surface area contributed by atoms with Gasteiger partial charge in [0.05, 0.1) is 13.2 Å². The molecule has 0 aliphatic carbocycles. The molecular formula is C21H19BrINO4. The summed E-state index contributed by atoms with van der Waals surface area (Å²) >= 11 is 5.70. The van der Waals surface area contributed by atoms with E-state index in [1.54, 1.807) is 6.08 Å². The summed E-state index contributed by atoms with van der Waals surface area (Å²) in [6, 6.07) is 11.2. The smallest absolute Gasteiger partial charge is 0.363 e. The van der Waals surface area contributed by atoms with Gasteiger partial charge in [-0.25, -0.2) is 9.79 Å². The Balaban J connectivity index is 1.89. The zero-order chi connectivity index (χ0) is 20.1. The van der Waals surface area contributed by atoms with Gasteiger partial charge in [-0.1, -0.05) is 13.0 Å². The number of rotatable bonds is 7. The number of esters is 1. The van der Waals surface area contributed by atoms with Crippen LogP contribution < -0.4 is 9.47 Å². The third-order valence-electron chi connectivity index (χ3n) is 3.82. The molecular weight excluding hydrogens is 537 g/mol. The van der Waals surface area contributed by atoms with Crippen molar-refractivity contribution in [3.63, 3.8) is 0 Å². The molecule has 2 aromatic carbocycles.